The Labute approximate surface area is 77.0 Å². The number of hydrogen-bond donors (Lipinski definition) is 1. The van der Waals surface area contributed by atoms with Gasteiger partial charge in [-0.3, -0.25) is 4.79 Å². The van der Waals surface area contributed by atoms with Gasteiger partial charge in [-0.1, -0.05) is 0 Å². The fourth-order valence-corrected chi connectivity index (χ4v) is 0.958. The van der Waals surface area contributed by atoms with Gasteiger partial charge in [0.2, 0.25) is 5.82 Å². The van der Waals surface area contributed by atoms with Gasteiger partial charge >= 0.3 is 5.97 Å². The Hall–Kier alpha value is -2.31. The molecule has 0 bridgehead atoms. The summed E-state index contributed by atoms with van der Waals surface area (Å²) in [6.07, 6.45) is 2.86. The lowest BCUT2D eigenvalue weighted by molar-refractivity contribution is 0.0695. The zero-order valence-corrected chi connectivity index (χ0v) is 6.78. The highest BCUT2D eigenvalue weighted by atomic mass is 16.4. The highest BCUT2D eigenvalue weighted by Gasteiger charge is 2.07. The third kappa shape index (κ3) is 1.20. The van der Waals surface area contributed by atoms with Crippen molar-refractivity contribution in [2.45, 2.75) is 0 Å². The van der Waals surface area contributed by atoms with Crippen LogP contribution in [0.15, 0.2) is 12.4 Å². The molecule has 2 aromatic heterocycles. The normalized spacial score (nSPS) is 10.3. The number of carboxylic acid groups (broad SMARTS) is 1. The quantitative estimate of drug-likeness (QED) is 0.652. The van der Waals surface area contributed by atoms with E-state index in [1.165, 1.54) is 6.20 Å². The Morgan fingerprint density at radius 2 is 2.36 bits per heavy atom. The van der Waals surface area contributed by atoms with Crippen LogP contribution in [0.1, 0.15) is 21.0 Å². The van der Waals surface area contributed by atoms with E-state index >= 15 is 0 Å². The third-order valence-corrected chi connectivity index (χ3v) is 1.56. The molecule has 0 fully saturated rings. The smallest absolute Gasteiger partial charge is 0.338 e. The minimum absolute atomic E-state index is 0.0140. The molecule has 0 aliphatic carbocycles. The predicted molar refractivity (Wildman–Crippen MR) is 43.1 cm³/mol. The molecular formula is C7H4N4O3. The molecule has 2 heterocycles. The van der Waals surface area contributed by atoms with Gasteiger partial charge in [0.05, 0.1) is 5.56 Å². The van der Waals surface area contributed by atoms with Crippen LogP contribution in [0.25, 0.3) is 5.78 Å². The van der Waals surface area contributed by atoms with Gasteiger partial charge in [-0.05, 0) is 0 Å². The summed E-state index contributed by atoms with van der Waals surface area (Å²) >= 11 is 0. The lowest BCUT2D eigenvalue weighted by atomic mass is 10.4. The maximum absolute atomic E-state index is 10.5. The minimum Gasteiger partial charge on any atom is -0.478 e. The second-order valence-electron chi connectivity index (χ2n) is 2.48. The molecule has 0 atom stereocenters. The Balaban J connectivity index is 2.65. The molecule has 0 spiro atoms. The molecule has 0 amide bonds. The standard InChI is InChI=1S/C7H4N4O3/c12-3-5-9-7-8-1-4(6(13)14)2-11(7)10-5/h1-3H,(H,13,14). The third-order valence-electron chi connectivity index (χ3n) is 1.56. The van der Waals surface area contributed by atoms with Gasteiger partial charge in [-0.15, -0.1) is 5.10 Å². The number of carbonyl (C=O) groups is 2. The Morgan fingerprint density at radius 3 is 3.00 bits per heavy atom. The lowest BCUT2D eigenvalue weighted by Crippen LogP contribution is -2.01. The van der Waals surface area contributed by atoms with Gasteiger partial charge in [-0.25, -0.2) is 14.3 Å². The number of hydrogen-bond acceptors (Lipinski definition) is 5. The van der Waals surface area contributed by atoms with Gasteiger partial charge in [0.15, 0.2) is 6.29 Å². The van der Waals surface area contributed by atoms with Crippen LogP contribution in [-0.2, 0) is 0 Å². The number of carbonyl (C=O) groups excluding carboxylic acids is 1. The van der Waals surface area contributed by atoms with Gasteiger partial charge < -0.3 is 5.11 Å². The van der Waals surface area contributed by atoms with Crippen molar-refractivity contribution in [3.05, 3.63) is 23.8 Å². The molecule has 0 aliphatic rings. The van der Waals surface area contributed by atoms with Crippen molar-refractivity contribution in [2.75, 3.05) is 0 Å². The SMILES string of the molecule is O=Cc1nc2ncc(C(=O)O)cn2n1. The average molecular weight is 192 g/mol. The van der Waals surface area contributed by atoms with Gasteiger partial charge in [0.25, 0.3) is 5.78 Å². The van der Waals surface area contributed by atoms with E-state index in [1.807, 2.05) is 0 Å². The second kappa shape index (κ2) is 2.87. The molecular weight excluding hydrogens is 188 g/mol. The number of aromatic nitrogens is 4. The minimum atomic E-state index is -1.11. The highest BCUT2D eigenvalue weighted by molar-refractivity contribution is 5.87. The molecule has 0 saturated carbocycles. The van der Waals surface area contributed by atoms with Gasteiger partial charge in [0.1, 0.15) is 0 Å². The molecule has 0 aliphatic heterocycles. The molecule has 2 rings (SSSR count). The van der Waals surface area contributed by atoms with Crippen LogP contribution in [0, 0.1) is 0 Å². The topological polar surface area (TPSA) is 97.5 Å². The fourth-order valence-electron chi connectivity index (χ4n) is 0.958. The first-order valence-electron chi connectivity index (χ1n) is 3.61. The van der Waals surface area contributed by atoms with Crippen LogP contribution in [0.3, 0.4) is 0 Å². The number of nitrogens with zero attached hydrogens (tertiary/aromatic N) is 4. The van der Waals surface area contributed by atoms with E-state index in [-0.39, 0.29) is 17.2 Å². The Kier molecular flexibility index (Phi) is 1.70. The van der Waals surface area contributed by atoms with Gasteiger partial charge in [0, 0.05) is 12.4 Å². The van der Waals surface area contributed by atoms with Crippen molar-refractivity contribution in [1.29, 1.82) is 0 Å². The van der Waals surface area contributed by atoms with Crippen LogP contribution < -0.4 is 0 Å². The average Bonchev–Trinajstić information content (AvgIpc) is 2.58. The Morgan fingerprint density at radius 1 is 1.57 bits per heavy atom. The van der Waals surface area contributed by atoms with E-state index in [4.69, 9.17) is 5.11 Å². The summed E-state index contributed by atoms with van der Waals surface area (Å²) in [5.41, 5.74) is -0.0140. The summed E-state index contributed by atoms with van der Waals surface area (Å²) in [6, 6.07) is 0. The zero-order chi connectivity index (χ0) is 10.1. The number of fused-ring (bicyclic) bond motifs is 1. The van der Waals surface area contributed by atoms with Crippen molar-refractivity contribution >= 4 is 18.0 Å². The van der Waals surface area contributed by atoms with E-state index in [0.717, 1.165) is 10.7 Å². The molecule has 0 radical (unpaired) electrons. The summed E-state index contributed by atoms with van der Waals surface area (Å²) in [5.74, 6) is -0.945. The van der Waals surface area contributed by atoms with Crippen molar-refractivity contribution in [3.8, 4) is 0 Å². The molecule has 14 heavy (non-hydrogen) atoms. The molecule has 70 valence electrons. The summed E-state index contributed by atoms with van der Waals surface area (Å²) in [7, 11) is 0. The van der Waals surface area contributed by atoms with Crippen LogP contribution in [-0.4, -0.2) is 36.9 Å². The predicted octanol–water partition coefficient (Wildman–Crippen LogP) is -0.365. The zero-order valence-electron chi connectivity index (χ0n) is 6.78. The highest BCUT2D eigenvalue weighted by Crippen LogP contribution is 2.00. The molecule has 0 saturated heterocycles. The molecule has 0 unspecified atom stereocenters. The van der Waals surface area contributed by atoms with Crippen molar-refractivity contribution in [3.63, 3.8) is 0 Å². The fraction of sp³-hybridized carbons (Fsp3) is 0. The number of rotatable bonds is 2. The summed E-state index contributed by atoms with van der Waals surface area (Å²) in [4.78, 5) is 28.3. The number of aromatic carboxylic acids is 1. The molecule has 1 N–H and O–H groups in total. The van der Waals surface area contributed by atoms with E-state index in [1.54, 1.807) is 0 Å². The van der Waals surface area contributed by atoms with E-state index < -0.39 is 5.97 Å². The number of aldehydes is 1. The monoisotopic (exact) mass is 192 g/mol. The van der Waals surface area contributed by atoms with E-state index in [2.05, 4.69) is 15.1 Å². The molecule has 7 nitrogen and oxygen atoms in total. The summed E-state index contributed by atoms with van der Waals surface area (Å²) in [6.45, 7) is 0. The van der Waals surface area contributed by atoms with Crippen LogP contribution in [0.5, 0.6) is 0 Å². The van der Waals surface area contributed by atoms with Crippen LogP contribution >= 0.6 is 0 Å². The Bertz CT molecular complexity index is 519. The van der Waals surface area contributed by atoms with E-state index in [0.29, 0.717) is 6.29 Å². The largest absolute Gasteiger partial charge is 0.478 e. The van der Waals surface area contributed by atoms with Crippen molar-refractivity contribution in [1.82, 2.24) is 19.6 Å². The lowest BCUT2D eigenvalue weighted by Gasteiger charge is -1.92. The first-order valence-corrected chi connectivity index (χ1v) is 3.61. The first kappa shape index (κ1) is 8.30. The van der Waals surface area contributed by atoms with Crippen molar-refractivity contribution < 1.29 is 14.7 Å². The maximum atomic E-state index is 10.5. The van der Waals surface area contributed by atoms with E-state index in [9.17, 15) is 9.59 Å². The maximum Gasteiger partial charge on any atom is 0.338 e. The van der Waals surface area contributed by atoms with Crippen molar-refractivity contribution in [2.24, 2.45) is 0 Å². The number of carboxylic acids is 1. The summed E-state index contributed by atoms with van der Waals surface area (Å²) < 4.78 is 1.15. The first-order chi connectivity index (χ1) is 6.70. The molecule has 2 aromatic rings. The second-order valence-corrected chi connectivity index (χ2v) is 2.48. The molecule has 7 heteroatoms. The van der Waals surface area contributed by atoms with Crippen LogP contribution in [0.2, 0.25) is 0 Å². The van der Waals surface area contributed by atoms with Crippen LogP contribution in [0.4, 0.5) is 0 Å². The summed E-state index contributed by atoms with van der Waals surface area (Å²) in [5, 5.41) is 12.3. The van der Waals surface area contributed by atoms with Gasteiger partial charge in [-0.2, -0.15) is 4.98 Å². The molecule has 0 aromatic carbocycles.